The minimum absolute atomic E-state index is 0.606. The molecular weight excluding hydrogens is 723 g/mol. The Balaban J connectivity index is 1.11. The topological polar surface area (TPSA) is 64.5 Å². The maximum absolute atomic E-state index is 5.19. The Labute approximate surface area is 330 Å². The molecule has 5 nitrogen and oxygen atoms in total. The molecule has 0 saturated heterocycles. The van der Waals surface area contributed by atoms with Crippen molar-refractivity contribution in [3.63, 3.8) is 0 Å². The van der Waals surface area contributed by atoms with Crippen LogP contribution in [0.4, 0.5) is 0 Å². The van der Waals surface area contributed by atoms with Crippen LogP contribution in [0.2, 0.25) is 0 Å². The molecule has 0 aliphatic rings. The molecule has 0 N–H and O–H groups in total. The summed E-state index contributed by atoms with van der Waals surface area (Å²) in [5.41, 5.74) is 9.20. The fraction of sp³-hybridized carbons (Fsp3) is 0. The second-order valence-corrected chi connectivity index (χ2v) is 16.0. The summed E-state index contributed by atoms with van der Waals surface area (Å²) < 4.78 is 5.14. The zero-order chi connectivity index (χ0) is 37.0. The van der Waals surface area contributed by atoms with Gasteiger partial charge in [-0.1, -0.05) is 103 Å². The fourth-order valence-corrected chi connectivity index (χ4v) is 9.68. The van der Waals surface area contributed by atoms with Gasteiger partial charge in [-0.2, -0.15) is 0 Å². The average Bonchev–Trinajstić information content (AvgIpc) is 3.84. The number of nitrogens with zero attached hydrogens (tertiary/aromatic N) is 5. The first-order chi connectivity index (χ1) is 27.7. The van der Waals surface area contributed by atoms with Crippen LogP contribution in [-0.4, -0.2) is 24.9 Å². The van der Waals surface area contributed by atoms with Gasteiger partial charge in [0.05, 0.1) is 0 Å². The van der Waals surface area contributed by atoms with Crippen LogP contribution in [0.1, 0.15) is 0 Å². The molecule has 7 heteroatoms. The van der Waals surface area contributed by atoms with Crippen LogP contribution in [-0.2, 0) is 0 Å². The summed E-state index contributed by atoms with van der Waals surface area (Å²) >= 11 is 3.67. The molecule has 0 aliphatic heterocycles. The van der Waals surface area contributed by atoms with Crippen LogP contribution in [0.15, 0.2) is 176 Å². The average molecular weight is 752 g/mol. The smallest absolute Gasteiger partial charge is 0.164 e. The van der Waals surface area contributed by atoms with Crippen molar-refractivity contribution >= 4 is 63.0 Å². The van der Waals surface area contributed by atoms with Crippen LogP contribution in [0.5, 0.6) is 0 Å². The molecule has 0 aliphatic carbocycles. The van der Waals surface area contributed by atoms with Crippen molar-refractivity contribution in [2.45, 2.75) is 0 Å². The van der Waals surface area contributed by atoms with Gasteiger partial charge in [0.1, 0.15) is 6.33 Å². The van der Waals surface area contributed by atoms with Gasteiger partial charge in [0.15, 0.2) is 17.5 Å². The first-order valence-corrected chi connectivity index (χ1v) is 20.0. The third-order valence-electron chi connectivity index (χ3n) is 10.3. The molecule has 0 spiro atoms. The Morgan fingerprint density at radius 3 is 1.29 bits per heavy atom. The van der Waals surface area contributed by atoms with E-state index in [-0.39, 0.29) is 0 Å². The quantitative estimate of drug-likeness (QED) is 0.169. The predicted molar refractivity (Wildman–Crippen MR) is 234 cm³/mol. The SMILES string of the molecule is c1ccc(-c2nc(-c3ccc(-c4cncnc4)cc3)nc(-c3cc(-c4ccc5sc6ccccc6c5c4)cc(-c4ccc5sc6ccccc6c5c4)c3)n2)cc1. The molecule has 0 fully saturated rings. The van der Waals surface area contributed by atoms with E-state index in [1.54, 1.807) is 6.33 Å². The molecule has 0 bridgehead atoms. The van der Waals surface area contributed by atoms with Gasteiger partial charge in [-0.05, 0) is 82.4 Å². The number of benzene rings is 7. The Morgan fingerprint density at radius 2 is 0.714 bits per heavy atom. The number of thiophene rings is 2. The van der Waals surface area contributed by atoms with E-state index in [1.165, 1.54) is 40.3 Å². The summed E-state index contributed by atoms with van der Waals surface area (Å²) in [5, 5.41) is 5.09. The lowest BCUT2D eigenvalue weighted by Gasteiger charge is -2.13. The van der Waals surface area contributed by atoms with Crippen LogP contribution < -0.4 is 0 Å². The second-order valence-electron chi connectivity index (χ2n) is 13.8. The van der Waals surface area contributed by atoms with Crippen LogP contribution in [0.3, 0.4) is 0 Å². The number of aromatic nitrogens is 5. The standard InChI is InChI=1S/C49H29N5S2/c1-2-8-31(9-3-1)47-52-48(32-16-14-30(15-17-32)38-27-50-29-51-28-38)54-49(53-47)37-23-35(33-18-20-45-41(25-33)39-10-4-6-12-43(39)55-45)22-36(24-37)34-19-21-46-42(26-34)40-11-5-7-13-44(40)56-46/h1-29H. The molecule has 11 rings (SSSR count). The number of fused-ring (bicyclic) bond motifs is 6. The van der Waals surface area contributed by atoms with E-state index in [2.05, 4.69) is 137 Å². The van der Waals surface area contributed by atoms with Crippen molar-refractivity contribution in [2.24, 2.45) is 0 Å². The van der Waals surface area contributed by atoms with Crippen LogP contribution in [0, 0.1) is 0 Å². The Morgan fingerprint density at radius 1 is 0.286 bits per heavy atom. The fourth-order valence-electron chi connectivity index (χ4n) is 7.51. The van der Waals surface area contributed by atoms with Gasteiger partial charge < -0.3 is 0 Å². The number of hydrogen-bond donors (Lipinski definition) is 0. The normalized spacial score (nSPS) is 11.6. The highest BCUT2D eigenvalue weighted by atomic mass is 32.1. The Bertz CT molecular complexity index is 3110. The lowest BCUT2D eigenvalue weighted by atomic mass is 9.94. The summed E-state index contributed by atoms with van der Waals surface area (Å²) in [6.07, 6.45) is 5.18. The molecule has 0 saturated carbocycles. The molecule has 0 radical (unpaired) electrons. The van der Waals surface area contributed by atoms with Crippen molar-refractivity contribution in [3.05, 3.63) is 176 Å². The summed E-state index contributed by atoms with van der Waals surface area (Å²) in [6.45, 7) is 0. The maximum atomic E-state index is 5.19. The molecule has 0 atom stereocenters. The van der Waals surface area contributed by atoms with E-state index in [9.17, 15) is 0 Å². The number of hydrogen-bond acceptors (Lipinski definition) is 7. The van der Waals surface area contributed by atoms with Gasteiger partial charge in [-0.15, -0.1) is 22.7 Å². The van der Waals surface area contributed by atoms with Gasteiger partial charge in [-0.3, -0.25) is 0 Å². The van der Waals surface area contributed by atoms with Crippen molar-refractivity contribution in [3.8, 4) is 67.5 Å². The first-order valence-electron chi connectivity index (χ1n) is 18.4. The van der Waals surface area contributed by atoms with E-state index < -0.39 is 0 Å². The van der Waals surface area contributed by atoms with Crippen LogP contribution >= 0.6 is 22.7 Å². The van der Waals surface area contributed by atoms with E-state index in [1.807, 2.05) is 65.4 Å². The van der Waals surface area contributed by atoms with Crippen molar-refractivity contribution < 1.29 is 0 Å². The third kappa shape index (κ3) is 5.82. The van der Waals surface area contributed by atoms with Crippen molar-refractivity contribution in [1.29, 1.82) is 0 Å². The Kier molecular flexibility index (Phi) is 7.79. The third-order valence-corrected chi connectivity index (χ3v) is 12.6. The summed E-state index contributed by atoms with van der Waals surface area (Å²) in [4.78, 5) is 23.8. The van der Waals surface area contributed by atoms with Crippen molar-refractivity contribution in [1.82, 2.24) is 24.9 Å². The van der Waals surface area contributed by atoms with Gasteiger partial charge in [-0.25, -0.2) is 24.9 Å². The maximum Gasteiger partial charge on any atom is 0.164 e. The first kappa shape index (κ1) is 32.5. The molecule has 56 heavy (non-hydrogen) atoms. The highest BCUT2D eigenvalue weighted by Gasteiger charge is 2.17. The van der Waals surface area contributed by atoms with Gasteiger partial charge in [0.2, 0.25) is 0 Å². The molecule has 11 aromatic rings. The largest absolute Gasteiger partial charge is 0.244 e. The van der Waals surface area contributed by atoms with E-state index in [0.29, 0.717) is 17.5 Å². The minimum Gasteiger partial charge on any atom is -0.244 e. The lowest BCUT2D eigenvalue weighted by Crippen LogP contribution is -2.00. The molecule has 0 unspecified atom stereocenters. The molecular formula is C49H29N5S2. The molecule has 4 heterocycles. The highest BCUT2D eigenvalue weighted by molar-refractivity contribution is 7.26. The van der Waals surface area contributed by atoms with E-state index in [0.717, 1.165) is 50.1 Å². The van der Waals surface area contributed by atoms with Crippen LogP contribution in [0.25, 0.3) is 108 Å². The summed E-state index contributed by atoms with van der Waals surface area (Å²) in [5.74, 6) is 1.84. The van der Waals surface area contributed by atoms with Gasteiger partial charge in [0.25, 0.3) is 0 Å². The monoisotopic (exact) mass is 751 g/mol. The van der Waals surface area contributed by atoms with E-state index >= 15 is 0 Å². The molecule has 7 aromatic carbocycles. The number of rotatable bonds is 6. The molecule has 262 valence electrons. The summed E-state index contributed by atoms with van der Waals surface area (Å²) in [7, 11) is 0. The molecule has 0 amide bonds. The van der Waals surface area contributed by atoms with Gasteiger partial charge >= 0.3 is 0 Å². The highest BCUT2D eigenvalue weighted by Crippen LogP contribution is 2.41. The second kappa shape index (κ2) is 13.4. The predicted octanol–water partition coefficient (Wildman–Crippen LogP) is 13.4. The molecule has 4 aromatic heterocycles. The van der Waals surface area contributed by atoms with Crippen molar-refractivity contribution in [2.75, 3.05) is 0 Å². The Hall–Kier alpha value is -6.93. The lowest BCUT2D eigenvalue weighted by molar-refractivity contribution is 1.07. The van der Waals surface area contributed by atoms with E-state index in [4.69, 9.17) is 15.0 Å². The zero-order valence-corrected chi connectivity index (χ0v) is 31.4. The zero-order valence-electron chi connectivity index (χ0n) is 29.8. The minimum atomic E-state index is 0.606. The van der Waals surface area contributed by atoms with Gasteiger partial charge in [0, 0.05) is 75.0 Å². The summed E-state index contributed by atoms with van der Waals surface area (Å²) in [6, 6.07) is 56.1.